The van der Waals surface area contributed by atoms with Crippen LogP contribution < -0.4 is 15.4 Å². The number of nitrogens with one attached hydrogen (secondary N) is 3. The van der Waals surface area contributed by atoms with Gasteiger partial charge in [0.15, 0.2) is 5.82 Å². The summed E-state index contributed by atoms with van der Waals surface area (Å²) in [5.74, 6) is 0.870. The number of aromatic nitrogens is 2. The van der Waals surface area contributed by atoms with Gasteiger partial charge in [-0.15, -0.1) is 0 Å². The number of imidazole rings is 1. The van der Waals surface area contributed by atoms with E-state index in [0.717, 1.165) is 42.5 Å². The Bertz CT molecular complexity index is 1050. The van der Waals surface area contributed by atoms with E-state index in [2.05, 4.69) is 20.6 Å². The Hall–Kier alpha value is -2.61. The third-order valence-corrected chi connectivity index (χ3v) is 6.06. The Morgan fingerprint density at radius 2 is 1.91 bits per heavy atom. The first-order chi connectivity index (χ1) is 15.5. The maximum absolute atomic E-state index is 12.6. The molecule has 1 amide bonds. The number of carbonyl (C=O) groups excluding carboxylic acids is 1. The Labute approximate surface area is 192 Å². The van der Waals surface area contributed by atoms with Crippen LogP contribution in [0.1, 0.15) is 41.9 Å². The number of rotatable bonds is 8. The van der Waals surface area contributed by atoms with Crippen LogP contribution in [0.2, 0.25) is 5.02 Å². The zero-order valence-corrected chi connectivity index (χ0v) is 18.9. The molecule has 0 radical (unpaired) electrons. The molecule has 8 heteroatoms. The number of aliphatic hydroxyl groups is 1. The molecule has 32 heavy (non-hydrogen) atoms. The van der Waals surface area contributed by atoms with E-state index in [4.69, 9.17) is 16.3 Å². The number of benzene rings is 2. The summed E-state index contributed by atoms with van der Waals surface area (Å²) < 4.78 is 5.64. The molecule has 1 aliphatic carbocycles. The van der Waals surface area contributed by atoms with Gasteiger partial charge in [-0.05, 0) is 62.9 Å². The predicted octanol–water partition coefficient (Wildman–Crippen LogP) is 3.60. The molecule has 4 N–H and O–H groups in total. The van der Waals surface area contributed by atoms with E-state index in [-0.39, 0.29) is 18.6 Å². The first-order valence-corrected chi connectivity index (χ1v) is 11.4. The zero-order chi connectivity index (χ0) is 22.5. The number of ether oxygens (including phenoxy) is 1. The molecule has 1 aromatic heterocycles. The summed E-state index contributed by atoms with van der Waals surface area (Å²) in [5.41, 5.74) is 2.65. The highest BCUT2D eigenvalue weighted by Gasteiger charge is 2.24. The molecular weight excluding hydrogens is 428 g/mol. The number of nitrogens with zero attached hydrogens (tertiary/aromatic N) is 1. The summed E-state index contributed by atoms with van der Waals surface area (Å²) in [5, 5.41) is 17.3. The fourth-order valence-corrected chi connectivity index (χ4v) is 4.15. The van der Waals surface area contributed by atoms with Crippen molar-refractivity contribution in [3.8, 4) is 5.75 Å². The number of aryl methyl sites for hydroxylation is 1. The van der Waals surface area contributed by atoms with Crippen LogP contribution in [0.4, 0.5) is 0 Å². The first-order valence-electron chi connectivity index (χ1n) is 11.0. The molecule has 2 aromatic carbocycles. The van der Waals surface area contributed by atoms with Crippen LogP contribution in [0.15, 0.2) is 42.5 Å². The first kappa shape index (κ1) is 22.6. The number of aliphatic hydroxyl groups excluding tert-OH is 1. The highest BCUT2D eigenvalue weighted by molar-refractivity contribution is 6.31. The topological polar surface area (TPSA) is 99.3 Å². The van der Waals surface area contributed by atoms with E-state index < -0.39 is 6.10 Å². The van der Waals surface area contributed by atoms with Crippen LogP contribution in [0.5, 0.6) is 5.75 Å². The Kier molecular flexibility index (Phi) is 7.29. The number of H-pyrrole nitrogens is 1. The van der Waals surface area contributed by atoms with Crippen molar-refractivity contribution in [1.82, 2.24) is 20.6 Å². The highest BCUT2D eigenvalue weighted by atomic mass is 35.5. The molecule has 7 nitrogen and oxygen atoms in total. The van der Waals surface area contributed by atoms with Crippen LogP contribution in [0.25, 0.3) is 11.0 Å². The van der Waals surface area contributed by atoms with Crippen molar-refractivity contribution in [2.24, 2.45) is 0 Å². The van der Waals surface area contributed by atoms with Crippen molar-refractivity contribution in [3.05, 3.63) is 58.9 Å². The molecular formula is C24H29ClN4O3. The molecule has 170 valence electrons. The quantitative estimate of drug-likeness (QED) is 0.415. The zero-order valence-electron chi connectivity index (χ0n) is 18.1. The molecule has 1 unspecified atom stereocenters. The molecule has 1 atom stereocenters. The lowest BCUT2D eigenvalue weighted by Gasteiger charge is -2.30. The molecule has 3 aromatic rings. The van der Waals surface area contributed by atoms with Gasteiger partial charge in [0.1, 0.15) is 18.5 Å². The van der Waals surface area contributed by atoms with Crippen molar-refractivity contribution < 1.29 is 14.6 Å². The molecule has 1 saturated carbocycles. The summed E-state index contributed by atoms with van der Waals surface area (Å²) in [6.45, 7) is 2.76. The van der Waals surface area contributed by atoms with Gasteiger partial charge in [-0.1, -0.05) is 29.3 Å². The molecule has 0 aliphatic heterocycles. The number of hydrogen-bond acceptors (Lipinski definition) is 5. The van der Waals surface area contributed by atoms with E-state index in [1.165, 1.54) is 5.56 Å². The fourth-order valence-electron chi connectivity index (χ4n) is 3.97. The highest BCUT2D eigenvalue weighted by Crippen LogP contribution is 2.20. The summed E-state index contributed by atoms with van der Waals surface area (Å²) in [4.78, 5) is 20.0. The average molecular weight is 457 g/mol. The predicted molar refractivity (Wildman–Crippen MR) is 125 cm³/mol. The van der Waals surface area contributed by atoms with Crippen LogP contribution in [-0.2, 0) is 0 Å². The van der Waals surface area contributed by atoms with E-state index in [1.54, 1.807) is 18.2 Å². The second-order valence-electron chi connectivity index (χ2n) is 8.46. The number of aromatic amines is 1. The van der Waals surface area contributed by atoms with E-state index in [9.17, 15) is 9.90 Å². The van der Waals surface area contributed by atoms with Crippen LogP contribution >= 0.6 is 11.6 Å². The lowest BCUT2D eigenvalue weighted by Crippen LogP contribution is -2.44. The second-order valence-corrected chi connectivity index (χ2v) is 8.89. The van der Waals surface area contributed by atoms with Gasteiger partial charge in [-0.25, -0.2) is 4.98 Å². The SMILES string of the molecule is Cc1ccc(OCC(O)CNC2CCC(NC(=O)c3nc4ccc(Cl)cc4[nH]3)CC2)cc1. The average Bonchev–Trinajstić information content (AvgIpc) is 3.21. The second kappa shape index (κ2) is 10.3. The number of carbonyl (C=O) groups is 1. The van der Waals surface area contributed by atoms with Gasteiger partial charge in [0, 0.05) is 23.7 Å². The van der Waals surface area contributed by atoms with Crippen molar-refractivity contribution in [2.75, 3.05) is 13.2 Å². The van der Waals surface area contributed by atoms with Crippen molar-refractivity contribution >= 4 is 28.5 Å². The Morgan fingerprint density at radius 3 is 2.66 bits per heavy atom. The van der Waals surface area contributed by atoms with Gasteiger partial charge < -0.3 is 25.5 Å². The largest absolute Gasteiger partial charge is 0.491 e. The summed E-state index contributed by atoms with van der Waals surface area (Å²) in [6, 6.07) is 13.5. The van der Waals surface area contributed by atoms with Gasteiger partial charge in [-0.2, -0.15) is 0 Å². The van der Waals surface area contributed by atoms with Gasteiger partial charge >= 0.3 is 0 Å². The minimum atomic E-state index is -0.574. The van der Waals surface area contributed by atoms with E-state index >= 15 is 0 Å². The lowest BCUT2D eigenvalue weighted by molar-refractivity contribution is 0.0906. The van der Waals surface area contributed by atoms with E-state index in [1.807, 2.05) is 31.2 Å². The molecule has 0 spiro atoms. The standard InChI is InChI=1S/C24H29ClN4O3/c1-15-2-9-20(10-3-15)32-14-19(30)13-26-17-5-7-18(8-6-17)27-24(31)23-28-21-11-4-16(25)12-22(21)29-23/h2-4,9-12,17-19,26,30H,5-8,13-14H2,1H3,(H,27,31)(H,28,29). The number of hydrogen-bond donors (Lipinski definition) is 4. The minimum absolute atomic E-state index is 0.118. The summed E-state index contributed by atoms with van der Waals surface area (Å²) in [6.07, 6.45) is 3.06. The van der Waals surface area contributed by atoms with Gasteiger partial charge in [-0.3, -0.25) is 4.79 Å². The molecule has 0 bridgehead atoms. The number of halogens is 1. The van der Waals surface area contributed by atoms with Crippen molar-refractivity contribution in [2.45, 2.75) is 50.8 Å². The third kappa shape index (κ3) is 6.00. The van der Waals surface area contributed by atoms with E-state index in [0.29, 0.717) is 23.4 Å². The van der Waals surface area contributed by atoms with Gasteiger partial charge in [0.2, 0.25) is 0 Å². The Balaban J connectivity index is 1.16. The van der Waals surface area contributed by atoms with Crippen LogP contribution in [0.3, 0.4) is 0 Å². The number of amides is 1. The molecule has 1 fully saturated rings. The fraction of sp³-hybridized carbons (Fsp3) is 0.417. The van der Waals surface area contributed by atoms with Gasteiger partial charge in [0.05, 0.1) is 11.0 Å². The maximum Gasteiger partial charge on any atom is 0.287 e. The monoisotopic (exact) mass is 456 g/mol. The van der Waals surface area contributed by atoms with Crippen molar-refractivity contribution in [1.29, 1.82) is 0 Å². The van der Waals surface area contributed by atoms with Crippen LogP contribution in [0, 0.1) is 6.92 Å². The molecule has 1 aliphatic rings. The summed E-state index contributed by atoms with van der Waals surface area (Å²) in [7, 11) is 0. The maximum atomic E-state index is 12.6. The molecule has 4 rings (SSSR count). The van der Waals surface area contributed by atoms with Gasteiger partial charge in [0.25, 0.3) is 5.91 Å². The minimum Gasteiger partial charge on any atom is -0.491 e. The smallest absolute Gasteiger partial charge is 0.287 e. The normalized spacial score (nSPS) is 19.6. The third-order valence-electron chi connectivity index (χ3n) is 5.83. The lowest BCUT2D eigenvalue weighted by atomic mass is 9.91. The Morgan fingerprint density at radius 1 is 1.19 bits per heavy atom. The molecule has 0 saturated heterocycles. The van der Waals surface area contributed by atoms with Crippen molar-refractivity contribution in [3.63, 3.8) is 0 Å². The summed E-state index contributed by atoms with van der Waals surface area (Å²) >= 11 is 6.00. The number of fused-ring (bicyclic) bond motifs is 1. The van der Waals surface area contributed by atoms with Crippen LogP contribution in [-0.4, -0.2) is 52.3 Å². The molecule has 1 heterocycles.